The van der Waals surface area contributed by atoms with E-state index in [-0.39, 0.29) is 25.7 Å². The standard InChI is InChI=1S/C31H28N2O5/c34-17-25(31(36)32-16-19-7-14-26-27(15-19)38-18-37-26)33-28(35)6-2-3-20-8-9-23-11-10-21-4-1-5-22-12-13-24(20)30(23)29(21)22/h1,4-5,7-15,25,34H,2-3,6,16-18H2,(H,32,36)(H,33,35). The molecule has 1 aliphatic heterocycles. The van der Waals surface area contributed by atoms with Gasteiger partial charge in [0, 0.05) is 13.0 Å². The van der Waals surface area contributed by atoms with Gasteiger partial charge in [0.2, 0.25) is 18.6 Å². The monoisotopic (exact) mass is 508 g/mol. The number of aliphatic hydroxyl groups excluding tert-OH is 1. The summed E-state index contributed by atoms with van der Waals surface area (Å²) in [4.78, 5) is 25.2. The molecule has 0 spiro atoms. The van der Waals surface area contributed by atoms with Crippen molar-refractivity contribution in [2.75, 3.05) is 13.4 Å². The first-order valence-corrected chi connectivity index (χ1v) is 12.8. The summed E-state index contributed by atoms with van der Waals surface area (Å²) in [5, 5.41) is 22.6. The van der Waals surface area contributed by atoms with E-state index in [1.54, 1.807) is 12.1 Å². The average molecular weight is 509 g/mol. The van der Waals surface area contributed by atoms with Gasteiger partial charge in [-0.3, -0.25) is 9.59 Å². The molecule has 2 amide bonds. The van der Waals surface area contributed by atoms with Gasteiger partial charge in [-0.2, -0.15) is 0 Å². The Morgan fingerprint density at radius 1 is 0.868 bits per heavy atom. The summed E-state index contributed by atoms with van der Waals surface area (Å²) < 4.78 is 10.7. The van der Waals surface area contributed by atoms with Crippen LogP contribution in [0.2, 0.25) is 0 Å². The summed E-state index contributed by atoms with van der Waals surface area (Å²) in [6.07, 6.45) is 1.63. The lowest BCUT2D eigenvalue weighted by Crippen LogP contribution is -2.48. The summed E-state index contributed by atoms with van der Waals surface area (Å²) in [6.45, 7) is -0.0509. The van der Waals surface area contributed by atoms with Gasteiger partial charge in [-0.15, -0.1) is 0 Å². The van der Waals surface area contributed by atoms with Gasteiger partial charge in [-0.05, 0) is 68.4 Å². The van der Waals surface area contributed by atoms with E-state index in [4.69, 9.17) is 9.47 Å². The number of hydrogen-bond acceptors (Lipinski definition) is 5. The molecule has 0 radical (unpaired) electrons. The number of rotatable bonds is 9. The van der Waals surface area contributed by atoms with Crippen molar-refractivity contribution >= 4 is 44.1 Å². The molecular formula is C31H28N2O5. The fourth-order valence-corrected chi connectivity index (χ4v) is 5.28. The van der Waals surface area contributed by atoms with Crippen LogP contribution in [-0.4, -0.2) is 36.4 Å². The molecule has 0 bridgehead atoms. The predicted molar refractivity (Wildman–Crippen MR) is 147 cm³/mol. The summed E-state index contributed by atoms with van der Waals surface area (Å²) >= 11 is 0. The molecule has 1 aliphatic rings. The number of aliphatic hydroxyl groups is 1. The van der Waals surface area contributed by atoms with Gasteiger partial charge in [-0.1, -0.05) is 60.7 Å². The summed E-state index contributed by atoms with van der Waals surface area (Å²) in [5.74, 6) is 0.599. The second-order valence-corrected chi connectivity index (χ2v) is 9.64. The molecule has 5 aromatic rings. The van der Waals surface area contributed by atoms with Crippen LogP contribution in [0.15, 0.2) is 72.8 Å². The normalized spacial score (nSPS) is 13.3. The lowest BCUT2D eigenvalue weighted by Gasteiger charge is -2.17. The number of carbonyl (C=O) groups is 2. The zero-order valence-corrected chi connectivity index (χ0v) is 20.8. The van der Waals surface area contributed by atoms with E-state index >= 15 is 0 Å². The van der Waals surface area contributed by atoms with E-state index in [2.05, 4.69) is 65.2 Å². The third kappa shape index (κ3) is 4.57. The first-order chi connectivity index (χ1) is 18.6. The Hall–Kier alpha value is -4.36. The molecule has 0 saturated carbocycles. The molecule has 6 rings (SSSR count). The molecular weight excluding hydrogens is 480 g/mol. The highest BCUT2D eigenvalue weighted by Crippen LogP contribution is 2.36. The predicted octanol–water partition coefficient (Wildman–Crippen LogP) is 4.43. The van der Waals surface area contributed by atoms with Crippen molar-refractivity contribution < 1.29 is 24.2 Å². The van der Waals surface area contributed by atoms with Crippen LogP contribution in [0.4, 0.5) is 0 Å². The van der Waals surface area contributed by atoms with Crippen LogP contribution >= 0.6 is 0 Å². The van der Waals surface area contributed by atoms with Crippen LogP contribution in [0.25, 0.3) is 32.3 Å². The fraction of sp³-hybridized carbons (Fsp3) is 0.226. The van der Waals surface area contributed by atoms with Crippen LogP contribution in [0.1, 0.15) is 24.0 Å². The Kier molecular flexibility index (Phi) is 6.43. The second kappa shape index (κ2) is 10.2. The number of benzene rings is 5. The van der Waals surface area contributed by atoms with Crippen molar-refractivity contribution in [1.29, 1.82) is 0 Å². The number of fused-ring (bicyclic) bond motifs is 1. The van der Waals surface area contributed by atoms with Gasteiger partial charge < -0.3 is 25.2 Å². The van der Waals surface area contributed by atoms with Crippen LogP contribution in [0.3, 0.4) is 0 Å². The molecule has 0 fully saturated rings. The van der Waals surface area contributed by atoms with E-state index in [1.165, 1.54) is 37.9 Å². The number of ether oxygens (including phenoxy) is 2. The molecule has 3 N–H and O–H groups in total. The maximum Gasteiger partial charge on any atom is 0.245 e. The maximum atomic E-state index is 12.6. The lowest BCUT2D eigenvalue weighted by atomic mass is 9.90. The minimum absolute atomic E-state index is 0.181. The summed E-state index contributed by atoms with van der Waals surface area (Å²) in [5.41, 5.74) is 2.03. The third-order valence-corrected chi connectivity index (χ3v) is 7.21. The molecule has 1 unspecified atom stereocenters. The minimum atomic E-state index is -1.01. The van der Waals surface area contributed by atoms with Crippen molar-refractivity contribution in [3.63, 3.8) is 0 Å². The number of hydrogen-bond donors (Lipinski definition) is 3. The molecule has 5 aromatic carbocycles. The first kappa shape index (κ1) is 24.0. The zero-order valence-electron chi connectivity index (χ0n) is 20.8. The first-order valence-electron chi connectivity index (χ1n) is 12.8. The van der Waals surface area contributed by atoms with Crippen LogP contribution in [0, 0.1) is 0 Å². The SMILES string of the molecule is O=C(CCCc1ccc2ccc3cccc4ccc1c2c34)NC(CO)C(=O)NCc1ccc2c(c1)OCO2. The zero-order chi connectivity index (χ0) is 26.1. The topological polar surface area (TPSA) is 96.9 Å². The van der Waals surface area contributed by atoms with Crippen LogP contribution in [-0.2, 0) is 22.6 Å². The highest BCUT2D eigenvalue weighted by atomic mass is 16.7. The summed E-state index contributed by atoms with van der Waals surface area (Å²) in [7, 11) is 0. The Morgan fingerprint density at radius 3 is 2.42 bits per heavy atom. The quantitative estimate of drug-likeness (QED) is 0.256. The van der Waals surface area contributed by atoms with Gasteiger partial charge in [0.1, 0.15) is 6.04 Å². The fourth-order valence-electron chi connectivity index (χ4n) is 5.28. The maximum absolute atomic E-state index is 12.6. The van der Waals surface area contributed by atoms with E-state index in [0.29, 0.717) is 17.9 Å². The summed E-state index contributed by atoms with van der Waals surface area (Å²) in [6, 6.07) is 23.7. The average Bonchev–Trinajstić information content (AvgIpc) is 3.42. The van der Waals surface area contributed by atoms with Crippen molar-refractivity contribution in [1.82, 2.24) is 10.6 Å². The Bertz CT molecular complexity index is 1630. The number of carbonyl (C=O) groups excluding carboxylic acids is 2. The minimum Gasteiger partial charge on any atom is -0.454 e. The van der Waals surface area contributed by atoms with Gasteiger partial charge in [-0.25, -0.2) is 0 Å². The van der Waals surface area contributed by atoms with Crippen molar-refractivity contribution in [3.8, 4) is 11.5 Å². The van der Waals surface area contributed by atoms with E-state index < -0.39 is 18.6 Å². The van der Waals surface area contributed by atoms with Crippen LogP contribution < -0.4 is 20.1 Å². The molecule has 1 heterocycles. The Labute approximate surface area is 219 Å². The molecule has 1 atom stereocenters. The molecule has 0 aromatic heterocycles. The number of amides is 2. The van der Waals surface area contributed by atoms with Gasteiger partial charge in [0.05, 0.1) is 6.61 Å². The molecule has 38 heavy (non-hydrogen) atoms. The third-order valence-electron chi connectivity index (χ3n) is 7.21. The van der Waals surface area contributed by atoms with Crippen molar-refractivity contribution in [3.05, 3.63) is 83.9 Å². The van der Waals surface area contributed by atoms with Gasteiger partial charge in [0.25, 0.3) is 0 Å². The van der Waals surface area contributed by atoms with Gasteiger partial charge in [0.15, 0.2) is 11.5 Å². The molecule has 0 saturated heterocycles. The molecule has 7 nitrogen and oxygen atoms in total. The van der Waals surface area contributed by atoms with E-state index in [0.717, 1.165) is 12.0 Å². The highest BCUT2D eigenvalue weighted by molar-refractivity contribution is 6.23. The van der Waals surface area contributed by atoms with Crippen molar-refractivity contribution in [2.24, 2.45) is 0 Å². The lowest BCUT2D eigenvalue weighted by molar-refractivity contribution is -0.130. The van der Waals surface area contributed by atoms with Crippen LogP contribution in [0.5, 0.6) is 11.5 Å². The van der Waals surface area contributed by atoms with Crippen molar-refractivity contribution in [2.45, 2.75) is 31.8 Å². The highest BCUT2D eigenvalue weighted by Gasteiger charge is 2.20. The smallest absolute Gasteiger partial charge is 0.245 e. The van der Waals surface area contributed by atoms with Gasteiger partial charge >= 0.3 is 0 Å². The Morgan fingerprint density at radius 2 is 1.61 bits per heavy atom. The largest absolute Gasteiger partial charge is 0.454 e. The molecule has 192 valence electrons. The Balaban J connectivity index is 1.06. The molecule has 7 heteroatoms. The van der Waals surface area contributed by atoms with E-state index in [1.807, 2.05) is 6.07 Å². The second-order valence-electron chi connectivity index (χ2n) is 9.64. The van der Waals surface area contributed by atoms with E-state index in [9.17, 15) is 14.7 Å². The number of nitrogens with one attached hydrogen (secondary N) is 2. The number of aryl methyl sites for hydroxylation is 1. The molecule has 0 aliphatic carbocycles.